The number of rotatable bonds is 3. The van der Waals surface area contributed by atoms with Crippen LogP contribution in [0.2, 0.25) is 0 Å². The number of pyridine rings is 1. The Bertz CT molecular complexity index is 470. The molecule has 0 N–H and O–H groups in total. The fourth-order valence-electron chi connectivity index (χ4n) is 2.31. The number of amides is 1. The molecule has 1 aliphatic heterocycles. The van der Waals surface area contributed by atoms with Crippen LogP contribution in [0.15, 0.2) is 24.4 Å². The van der Waals surface area contributed by atoms with Gasteiger partial charge >= 0.3 is 6.09 Å². The minimum absolute atomic E-state index is 0.0366. The van der Waals surface area contributed by atoms with Crippen LogP contribution in [0.25, 0.3) is 0 Å². The summed E-state index contributed by atoms with van der Waals surface area (Å²) in [6, 6.07) is 5.78. The molecule has 5 nitrogen and oxygen atoms in total. The maximum atomic E-state index is 12.0. The largest absolute Gasteiger partial charge is 0.444 e. The summed E-state index contributed by atoms with van der Waals surface area (Å²) in [5.41, 5.74) is 0.449. The van der Waals surface area contributed by atoms with Crippen molar-refractivity contribution in [2.24, 2.45) is 0 Å². The molecule has 1 saturated heterocycles. The summed E-state index contributed by atoms with van der Waals surface area (Å²) in [4.78, 5) is 18.0. The van der Waals surface area contributed by atoms with Crippen LogP contribution >= 0.6 is 0 Å². The summed E-state index contributed by atoms with van der Waals surface area (Å²) in [6.45, 7) is 8.85. The van der Waals surface area contributed by atoms with E-state index in [0.717, 1.165) is 12.1 Å². The SMILES string of the molecule is C[C@@H](O[C@H]1CCN(C(=O)OC(C)(C)C)C1)c1ccccn1. The molecule has 0 saturated carbocycles. The zero-order valence-corrected chi connectivity index (χ0v) is 13.2. The van der Waals surface area contributed by atoms with E-state index >= 15 is 0 Å². The summed E-state index contributed by atoms with van der Waals surface area (Å²) < 4.78 is 11.4. The van der Waals surface area contributed by atoms with E-state index in [9.17, 15) is 4.79 Å². The van der Waals surface area contributed by atoms with Crippen LogP contribution in [0.1, 0.15) is 45.9 Å². The molecule has 0 radical (unpaired) electrons. The minimum Gasteiger partial charge on any atom is -0.444 e. The first-order valence-electron chi connectivity index (χ1n) is 7.39. The fourth-order valence-corrected chi connectivity index (χ4v) is 2.31. The molecule has 5 heteroatoms. The average molecular weight is 292 g/mol. The maximum absolute atomic E-state index is 12.0. The van der Waals surface area contributed by atoms with Gasteiger partial charge in [0.1, 0.15) is 5.60 Å². The molecule has 21 heavy (non-hydrogen) atoms. The second-order valence-electron chi connectivity index (χ2n) is 6.37. The van der Waals surface area contributed by atoms with E-state index in [0.29, 0.717) is 13.1 Å². The zero-order chi connectivity index (χ0) is 15.5. The summed E-state index contributed by atoms with van der Waals surface area (Å²) >= 11 is 0. The number of ether oxygens (including phenoxy) is 2. The van der Waals surface area contributed by atoms with Gasteiger partial charge in [-0.1, -0.05) is 6.07 Å². The number of carbonyl (C=O) groups is 1. The molecule has 0 spiro atoms. The molecule has 0 aromatic carbocycles. The summed E-state index contributed by atoms with van der Waals surface area (Å²) in [5.74, 6) is 0. The van der Waals surface area contributed by atoms with Gasteiger partial charge in [-0.25, -0.2) is 4.79 Å². The van der Waals surface area contributed by atoms with E-state index in [1.54, 1.807) is 11.1 Å². The van der Waals surface area contributed by atoms with Crippen LogP contribution in [0, 0.1) is 0 Å². The van der Waals surface area contributed by atoms with E-state index in [-0.39, 0.29) is 18.3 Å². The van der Waals surface area contributed by atoms with Gasteiger partial charge in [0.05, 0.1) is 24.4 Å². The Balaban J connectivity index is 1.84. The fraction of sp³-hybridized carbons (Fsp3) is 0.625. The second kappa shape index (κ2) is 6.43. The van der Waals surface area contributed by atoms with Crippen LogP contribution in [-0.4, -0.2) is 40.8 Å². The quantitative estimate of drug-likeness (QED) is 0.858. The van der Waals surface area contributed by atoms with E-state index in [1.807, 2.05) is 45.9 Å². The molecule has 1 aliphatic rings. The van der Waals surface area contributed by atoms with Gasteiger partial charge in [-0.05, 0) is 46.2 Å². The normalized spacial score (nSPS) is 20.4. The maximum Gasteiger partial charge on any atom is 0.410 e. The lowest BCUT2D eigenvalue weighted by atomic mass is 10.2. The molecule has 1 amide bonds. The van der Waals surface area contributed by atoms with Gasteiger partial charge in [-0.15, -0.1) is 0 Å². The third-order valence-corrected chi connectivity index (χ3v) is 3.30. The topological polar surface area (TPSA) is 51.7 Å². The zero-order valence-electron chi connectivity index (χ0n) is 13.2. The van der Waals surface area contributed by atoms with Crippen molar-refractivity contribution in [2.45, 2.75) is 51.9 Å². The molecule has 0 unspecified atom stereocenters. The van der Waals surface area contributed by atoms with Crippen LogP contribution in [-0.2, 0) is 9.47 Å². The summed E-state index contributed by atoms with van der Waals surface area (Å²) in [6.07, 6.45) is 2.29. The van der Waals surface area contributed by atoms with Crippen LogP contribution in [0.3, 0.4) is 0 Å². The van der Waals surface area contributed by atoms with Gasteiger partial charge in [-0.2, -0.15) is 0 Å². The van der Waals surface area contributed by atoms with Crippen molar-refractivity contribution in [1.82, 2.24) is 9.88 Å². The smallest absolute Gasteiger partial charge is 0.410 e. The average Bonchev–Trinajstić information content (AvgIpc) is 2.86. The first-order valence-corrected chi connectivity index (χ1v) is 7.39. The van der Waals surface area contributed by atoms with Crippen molar-refractivity contribution < 1.29 is 14.3 Å². The third kappa shape index (κ3) is 4.70. The Hall–Kier alpha value is -1.62. The molecular formula is C16H24N2O3. The molecular weight excluding hydrogens is 268 g/mol. The number of hydrogen-bond donors (Lipinski definition) is 0. The third-order valence-electron chi connectivity index (χ3n) is 3.30. The molecule has 2 atom stereocenters. The Morgan fingerprint density at radius 3 is 2.81 bits per heavy atom. The molecule has 2 heterocycles. The van der Waals surface area contributed by atoms with E-state index in [4.69, 9.17) is 9.47 Å². The lowest BCUT2D eigenvalue weighted by molar-refractivity contribution is -0.00557. The number of aromatic nitrogens is 1. The van der Waals surface area contributed by atoms with Crippen molar-refractivity contribution in [3.05, 3.63) is 30.1 Å². The summed E-state index contributed by atoms with van der Waals surface area (Å²) in [5, 5.41) is 0. The molecule has 1 aromatic heterocycles. The Kier molecular flexibility index (Phi) is 4.83. The van der Waals surface area contributed by atoms with Crippen LogP contribution in [0.4, 0.5) is 4.79 Å². The van der Waals surface area contributed by atoms with Crippen molar-refractivity contribution in [1.29, 1.82) is 0 Å². The Morgan fingerprint density at radius 2 is 2.19 bits per heavy atom. The van der Waals surface area contributed by atoms with E-state index in [1.165, 1.54) is 0 Å². The van der Waals surface area contributed by atoms with E-state index < -0.39 is 5.60 Å². The first kappa shape index (κ1) is 15.8. The summed E-state index contributed by atoms with van der Waals surface area (Å²) in [7, 11) is 0. The van der Waals surface area contributed by atoms with Gasteiger partial charge in [-0.3, -0.25) is 4.98 Å². The highest BCUT2D eigenvalue weighted by molar-refractivity contribution is 5.68. The first-order chi connectivity index (χ1) is 9.85. The Labute approximate surface area is 126 Å². The van der Waals surface area contributed by atoms with Gasteiger partial charge < -0.3 is 14.4 Å². The van der Waals surface area contributed by atoms with Crippen molar-refractivity contribution >= 4 is 6.09 Å². The van der Waals surface area contributed by atoms with E-state index in [2.05, 4.69) is 4.98 Å². The highest BCUT2D eigenvalue weighted by Crippen LogP contribution is 2.22. The number of carbonyl (C=O) groups excluding carboxylic acids is 1. The van der Waals surface area contributed by atoms with Gasteiger partial charge in [0.15, 0.2) is 0 Å². The van der Waals surface area contributed by atoms with Crippen molar-refractivity contribution in [3.8, 4) is 0 Å². The molecule has 2 rings (SSSR count). The highest BCUT2D eigenvalue weighted by Gasteiger charge is 2.31. The van der Waals surface area contributed by atoms with Crippen molar-refractivity contribution in [2.75, 3.05) is 13.1 Å². The predicted octanol–water partition coefficient (Wildman–Crippen LogP) is 3.17. The molecule has 1 aromatic rings. The lowest BCUT2D eigenvalue weighted by Crippen LogP contribution is -2.36. The van der Waals surface area contributed by atoms with Crippen LogP contribution in [0.5, 0.6) is 0 Å². The van der Waals surface area contributed by atoms with Crippen LogP contribution < -0.4 is 0 Å². The molecule has 116 valence electrons. The lowest BCUT2D eigenvalue weighted by Gasteiger charge is -2.24. The molecule has 1 fully saturated rings. The number of hydrogen-bond acceptors (Lipinski definition) is 4. The predicted molar refractivity (Wildman–Crippen MR) is 79.9 cm³/mol. The van der Waals surface area contributed by atoms with Crippen molar-refractivity contribution in [3.63, 3.8) is 0 Å². The highest BCUT2D eigenvalue weighted by atomic mass is 16.6. The minimum atomic E-state index is -0.461. The molecule has 0 bridgehead atoms. The van der Waals surface area contributed by atoms with Gasteiger partial charge in [0.2, 0.25) is 0 Å². The van der Waals surface area contributed by atoms with Gasteiger partial charge in [0.25, 0.3) is 0 Å². The second-order valence-corrected chi connectivity index (χ2v) is 6.37. The Morgan fingerprint density at radius 1 is 1.43 bits per heavy atom. The number of likely N-dealkylation sites (tertiary alicyclic amines) is 1. The van der Waals surface area contributed by atoms with Gasteiger partial charge in [0, 0.05) is 12.7 Å². The number of nitrogens with zero attached hydrogens (tertiary/aromatic N) is 2. The monoisotopic (exact) mass is 292 g/mol. The molecule has 0 aliphatic carbocycles. The standard InChI is InChI=1S/C16H24N2O3/c1-12(14-7-5-6-9-17-14)20-13-8-10-18(11-13)15(19)21-16(2,3)4/h5-7,9,12-13H,8,10-11H2,1-4H3/t12-,13+/m1/s1.